The molecule has 1 atom stereocenters. The van der Waals surface area contributed by atoms with Crippen molar-refractivity contribution in [2.75, 3.05) is 12.4 Å². The van der Waals surface area contributed by atoms with Crippen LogP contribution in [-0.2, 0) is 4.79 Å². The third kappa shape index (κ3) is 3.23. The van der Waals surface area contributed by atoms with Crippen molar-refractivity contribution in [2.45, 2.75) is 38.0 Å². The predicted octanol–water partition coefficient (Wildman–Crippen LogP) is 1.52. The monoisotopic (exact) mass is 283 g/mol. The summed E-state index contributed by atoms with van der Waals surface area (Å²) in [5.41, 5.74) is 0.517. The van der Waals surface area contributed by atoms with Crippen molar-refractivity contribution in [3.05, 3.63) is 23.5 Å². The average molecular weight is 284 g/mol. The second-order valence-corrected chi connectivity index (χ2v) is 5.31. The van der Waals surface area contributed by atoms with Crippen LogP contribution in [-0.4, -0.2) is 46.1 Å². The predicted molar refractivity (Wildman–Crippen MR) is 74.1 cm³/mol. The number of carbonyl (C=O) groups excluding carboxylic acids is 1. The van der Waals surface area contributed by atoms with E-state index in [-0.39, 0.29) is 29.2 Å². The number of nitrogens with one attached hydrogen (secondary N) is 1. The summed E-state index contributed by atoms with van der Waals surface area (Å²) in [5.74, 6) is -0.126. The van der Waals surface area contributed by atoms with Crippen molar-refractivity contribution in [1.82, 2.24) is 9.88 Å². The third-order valence-corrected chi connectivity index (χ3v) is 3.97. The van der Waals surface area contributed by atoms with Gasteiger partial charge in [-0.1, -0.05) is 11.6 Å². The lowest BCUT2D eigenvalue weighted by Gasteiger charge is -2.41. The highest BCUT2D eigenvalue weighted by Gasteiger charge is 2.34. The van der Waals surface area contributed by atoms with Gasteiger partial charge in [-0.25, -0.2) is 4.98 Å². The molecular formula is C13H18ClN3O2. The molecule has 0 aromatic carbocycles. The van der Waals surface area contributed by atoms with E-state index < -0.39 is 0 Å². The van der Waals surface area contributed by atoms with Crippen LogP contribution in [0, 0.1) is 0 Å². The minimum atomic E-state index is -0.284. The van der Waals surface area contributed by atoms with Crippen LogP contribution < -0.4 is 5.32 Å². The highest BCUT2D eigenvalue weighted by atomic mass is 35.5. The molecule has 1 heterocycles. The first-order valence-electron chi connectivity index (χ1n) is 6.30. The van der Waals surface area contributed by atoms with Gasteiger partial charge in [0.15, 0.2) is 5.15 Å². The molecule has 2 rings (SSSR count). The number of aromatic nitrogens is 1. The fourth-order valence-corrected chi connectivity index (χ4v) is 2.28. The van der Waals surface area contributed by atoms with Gasteiger partial charge in [-0.3, -0.25) is 9.69 Å². The fourth-order valence-electron chi connectivity index (χ4n) is 2.11. The van der Waals surface area contributed by atoms with Crippen LogP contribution in [0.2, 0.25) is 5.15 Å². The number of aliphatic hydroxyl groups excluding tert-OH is 1. The molecule has 0 aliphatic heterocycles. The summed E-state index contributed by atoms with van der Waals surface area (Å²) in [7, 11) is 1.89. The van der Waals surface area contributed by atoms with Crippen LogP contribution in [0.4, 0.5) is 5.69 Å². The summed E-state index contributed by atoms with van der Waals surface area (Å²) in [4.78, 5) is 18.0. The highest BCUT2D eigenvalue weighted by Crippen LogP contribution is 2.26. The molecule has 1 aromatic rings. The van der Waals surface area contributed by atoms with E-state index >= 15 is 0 Å². The number of amides is 1. The van der Waals surface area contributed by atoms with Gasteiger partial charge in [-0.15, -0.1) is 0 Å². The summed E-state index contributed by atoms with van der Waals surface area (Å²) in [5, 5.41) is 12.4. The van der Waals surface area contributed by atoms with Gasteiger partial charge in [-0.05, 0) is 38.9 Å². The maximum Gasteiger partial charge on any atom is 0.241 e. The zero-order valence-corrected chi connectivity index (χ0v) is 11.8. The van der Waals surface area contributed by atoms with E-state index in [0.29, 0.717) is 5.69 Å². The molecule has 5 nitrogen and oxygen atoms in total. The number of nitrogens with zero attached hydrogens (tertiary/aromatic N) is 2. The smallest absolute Gasteiger partial charge is 0.241 e. The summed E-state index contributed by atoms with van der Waals surface area (Å²) < 4.78 is 0. The Morgan fingerprint density at radius 1 is 1.63 bits per heavy atom. The van der Waals surface area contributed by atoms with E-state index in [9.17, 15) is 9.90 Å². The Labute approximate surface area is 117 Å². The van der Waals surface area contributed by atoms with Crippen molar-refractivity contribution < 1.29 is 9.90 Å². The first-order chi connectivity index (χ1) is 8.99. The zero-order valence-electron chi connectivity index (χ0n) is 11.0. The number of anilines is 1. The first-order valence-corrected chi connectivity index (χ1v) is 6.68. The Hall–Kier alpha value is -1.17. The lowest BCUT2D eigenvalue weighted by Crippen LogP contribution is -2.52. The van der Waals surface area contributed by atoms with E-state index in [2.05, 4.69) is 10.3 Å². The van der Waals surface area contributed by atoms with E-state index in [1.807, 2.05) is 18.9 Å². The van der Waals surface area contributed by atoms with E-state index in [1.54, 1.807) is 18.3 Å². The van der Waals surface area contributed by atoms with Crippen LogP contribution in [0.25, 0.3) is 0 Å². The second kappa shape index (κ2) is 5.86. The summed E-state index contributed by atoms with van der Waals surface area (Å²) >= 11 is 5.90. The minimum Gasteiger partial charge on any atom is -0.393 e. The number of rotatable bonds is 4. The standard InChI is InChI=1S/C13H18ClN3O2/c1-8(17(2)9-6-10(18)7-9)13(19)16-11-4-3-5-15-12(11)14/h3-5,8-10,18H,6-7H2,1-2H3,(H,16,19). The zero-order chi connectivity index (χ0) is 14.0. The van der Waals surface area contributed by atoms with Gasteiger partial charge in [0.1, 0.15) is 0 Å². The molecule has 19 heavy (non-hydrogen) atoms. The van der Waals surface area contributed by atoms with Gasteiger partial charge in [0.05, 0.1) is 17.8 Å². The molecule has 104 valence electrons. The average Bonchev–Trinajstić information content (AvgIpc) is 2.36. The van der Waals surface area contributed by atoms with Gasteiger partial charge in [0, 0.05) is 12.2 Å². The minimum absolute atomic E-state index is 0.126. The Morgan fingerprint density at radius 2 is 2.32 bits per heavy atom. The van der Waals surface area contributed by atoms with Gasteiger partial charge in [-0.2, -0.15) is 0 Å². The topological polar surface area (TPSA) is 65.5 Å². The second-order valence-electron chi connectivity index (χ2n) is 4.95. The van der Waals surface area contributed by atoms with Crippen molar-refractivity contribution in [3.63, 3.8) is 0 Å². The molecule has 0 saturated heterocycles. The van der Waals surface area contributed by atoms with E-state index in [0.717, 1.165) is 12.8 Å². The summed E-state index contributed by atoms with van der Waals surface area (Å²) in [6, 6.07) is 3.42. The molecule has 1 aromatic heterocycles. The van der Waals surface area contributed by atoms with Gasteiger partial charge in [0.2, 0.25) is 5.91 Å². The lowest BCUT2D eigenvalue weighted by atomic mass is 9.87. The Bertz CT molecular complexity index is 463. The number of aliphatic hydroxyl groups is 1. The SMILES string of the molecule is CC(C(=O)Nc1cccnc1Cl)N(C)C1CC(O)C1. The summed E-state index contributed by atoms with van der Waals surface area (Å²) in [6.07, 6.45) is 2.79. The number of halogens is 1. The normalized spacial score (nSPS) is 23.8. The van der Waals surface area contributed by atoms with Crippen LogP contribution in [0.1, 0.15) is 19.8 Å². The number of hydrogen-bond acceptors (Lipinski definition) is 4. The van der Waals surface area contributed by atoms with Crippen molar-refractivity contribution in [3.8, 4) is 0 Å². The Kier molecular flexibility index (Phi) is 4.39. The molecular weight excluding hydrogens is 266 g/mol. The number of hydrogen-bond donors (Lipinski definition) is 2. The maximum absolute atomic E-state index is 12.1. The van der Waals surface area contributed by atoms with Gasteiger partial charge in [0.25, 0.3) is 0 Å². The van der Waals surface area contributed by atoms with E-state index in [1.165, 1.54) is 0 Å². The largest absolute Gasteiger partial charge is 0.393 e. The fraction of sp³-hybridized carbons (Fsp3) is 0.538. The molecule has 1 unspecified atom stereocenters. The molecule has 1 fully saturated rings. The van der Waals surface area contributed by atoms with Gasteiger partial charge >= 0.3 is 0 Å². The number of carbonyl (C=O) groups is 1. The molecule has 0 spiro atoms. The molecule has 1 saturated carbocycles. The lowest BCUT2D eigenvalue weighted by molar-refractivity contribution is -0.122. The van der Waals surface area contributed by atoms with Crippen LogP contribution in [0.3, 0.4) is 0 Å². The molecule has 0 radical (unpaired) electrons. The maximum atomic E-state index is 12.1. The van der Waals surface area contributed by atoms with E-state index in [4.69, 9.17) is 11.6 Å². The molecule has 1 aliphatic carbocycles. The van der Waals surface area contributed by atoms with Crippen molar-refractivity contribution in [1.29, 1.82) is 0 Å². The third-order valence-electron chi connectivity index (χ3n) is 3.67. The Morgan fingerprint density at radius 3 is 2.89 bits per heavy atom. The highest BCUT2D eigenvalue weighted by molar-refractivity contribution is 6.32. The Balaban J connectivity index is 1.94. The molecule has 2 N–H and O–H groups in total. The number of pyridine rings is 1. The molecule has 0 bridgehead atoms. The van der Waals surface area contributed by atoms with Crippen molar-refractivity contribution >= 4 is 23.2 Å². The number of likely N-dealkylation sites (N-methyl/N-ethyl adjacent to an activating group) is 1. The molecule has 1 aliphatic rings. The van der Waals surface area contributed by atoms with Crippen LogP contribution in [0.15, 0.2) is 18.3 Å². The van der Waals surface area contributed by atoms with Crippen molar-refractivity contribution in [2.24, 2.45) is 0 Å². The van der Waals surface area contributed by atoms with Gasteiger partial charge < -0.3 is 10.4 Å². The summed E-state index contributed by atoms with van der Waals surface area (Å²) in [6.45, 7) is 1.84. The van der Waals surface area contributed by atoms with Crippen LogP contribution in [0.5, 0.6) is 0 Å². The van der Waals surface area contributed by atoms with Crippen LogP contribution >= 0.6 is 11.6 Å². The first kappa shape index (κ1) is 14.2. The quantitative estimate of drug-likeness (QED) is 0.822. The molecule has 1 amide bonds. The molecule has 6 heteroatoms.